The largest absolute Gasteiger partial charge is 0.469 e. The third kappa shape index (κ3) is 8.63. The van der Waals surface area contributed by atoms with Gasteiger partial charge < -0.3 is 20.0 Å². The molecule has 10 nitrogen and oxygen atoms in total. The highest BCUT2D eigenvalue weighted by molar-refractivity contribution is 6.04. The first-order valence-corrected chi connectivity index (χ1v) is 21.3. The molecule has 5 aromatic carbocycles. The number of aromatic nitrogens is 7. The summed E-state index contributed by atoms with van der Waals surface area (Å²) < 4.78 is 19.6. The average Bonchev–Trinajstić information content (AvgIpc) is 3.97. The molecule has 11 rings (SSSR count). The van der Waals surface area contributed by atoms with Gasteiger partial charge in [0.15, 0.2) is 11.6 Å². The number of nitrogens with zero attached hydrogens (tertiary/aromatic N) is 6. The van der Waals surface area contributed by atoms with Crippen molar-refractivity contribution in [1.82, 2.24) is 34.9 Å². The number of anilines is 2. The molecule has 316 valence electrons. The van der Waals surface area contributed by atoms with Crippen LogP contribution in [0.15, 0.2) is 181 Å². The lowest BCUT2D eigenvalue weighted by atomic mass is 10.00. The Kier molecular flexibility index (Phi) is 11.2. The van der Waals surface area contributed by atoms with Crippen LogP contribution in [0.4, 0.5) is 16.0 Å². The number of hydrogen-bond donors (Lipinski definition) is 3. The van der Waals surface area contributed by atoms with E-state index < -0.39 is 0 Å². The maximum Gasteiger partial charge on any atom is 0.165 e. The number of aryl methyl sites for hydroxylation is 2. The second kappa shape index (κ2) is 18.0. The minimum absolute atomic E-state index is 0.287. The highest BCUT2D eigenvalue weighted by atomic mass is 19.1. The minimum atomic E-state index is -0.287. The van der Waals surface area contributed by atoms with Crippen LogP contribution in [-0.2, 0) is 13.1 Å². The Morgan fingerprint density at radius 1 is 0.554 bits per heavy atom. The number of pyridine rings is 2. The predicted octanol–water partition coefficient (Wildman–Crippen LogP) is 12.8. The van der Waals surface area contributed by atoms with Gasteiger partial charge in [-0.25, -0.2) is 24.3 Å². The van der Waals surface area contributed by atoms with Gasteiger partial charge in [0.1, 0.15) is 23.2 Å². The summed E-state index contributed by atoms with van der Waals surface area (Å²) in [5.74, 6) is 3.22. The van der Waals surface area contributed by atoms with Gasteiger partial charge in [0.25, 0.3) is 0 Å². The SMILES string of the molecule is Cc1coc(C)c1-c1nc(NCc2ccccn2)c2c(-c3cccc(F)c3)cccc2n1.c1ccc(-c2cccc3nc(-c4ccc5[nH]ccc5c4)nc(NCc4ccccn4)c23)cc1. The van der Waals surface area contributed by atoms with Crippen LogP contribution in [0.2, 0.25) is 0 Å². The molecule has 11 heteroatoms. The molecular weight excluding hydrogens is 810 g/mol. The summed E-state index contributed by atoms with van der Waals surface area (Å²) in [6.45, 7) is 4.95. The molecule has 0 fully saturated rings. The molecule has 0 unspecified atom stereocenters. The van der Waals surface area contributed by atoms with Gasteiger partial charge in [-0.3, -0.25) is 9.97 Å². The van der Waals surface area contributed by atoms with Gasteiger partial charge in [0, 0.05) is 35.1 Å². The summed E-state index contributed by atoms with van der Waals surface area (Å²) in [7, 11) is 0. The topological polar surface area (TPSA) is 130 Å². The van der Waals surface area contributed by atoms with E-state index in [0.717, 1.165) is 94.6 Å². The summed E-state index contributed by atoms with van der Waals surface area (Å²) >= 11 is 0. The van der Waals surface area contributed by atoms with E-state index >= 15 is 0 Å². The van der Waals surface area contributed by atoms with Crippen LogP contribution in [0.3, 0.4) is 0 Å². The van der Waals surface area contributed by atoms with Crippen molar-refractivity contribution in [2.24, 2.45) is 0 Å². The van der Waals surface area contributed by atoms with Crippen molar-refractivity contribution in [3.63, 3.8) is 0 Å². The van der Waals surface area contributed by atoms with E-state index in [4.69, 9.17) is 24.4 Å². The zero-order valence-corrected chi connectivity index (χ0v) is 35.6. The Bertz CT molecular complexity index is 3410. The maximum atomic E-state index is 14.0. The first kappa shape index (κ1) is 40.5. The van der Waals surface area contributed by atoms with Gasteiger partial charge in [-0.2, -0.15) is 0 Å². The van der Waals surface area contributed by atoms with Gasteiger partial charge in [-0.1, -0.05) is 78.9 Å². The number of nitrogens with one attached hydrogen (secondary N) is 3. The average molecular weight is 852 g/mol. The molecule has 0 saturated heterocycles. The first-order chi connectivity index (χ1) is 31.9. The highest BCUT2D eigenvalue weighted by Gasteiger charge is 2.19. The van der Waals surface area contributed by atoms with Gasteiger partial charge in [0.2, 0.25) is 0 Å². The second-order valence-corrected chi connectivity index (χ2v) is 15.5. The maximum absolute atomic E-state index is 14.0. The second-order valence-electron chi connectivity index (χ2n) is 15.5. The van der Waals surface area contributed by atoms with Crippen molar-refractivity contribution in [3.05, 3.63) is 205 Å². The lowest BCUT2D eigenvalue weighted by Gasteiger charge is -2.14. The monoisotopic (exact) mass is 851 g/mol. The molecule has 0 atom stereocenters. The van der Waals surface area contributed by atoms with Crippen LogP contribution in [-0.4, -0.2) is 34.9 Å². The van der Waals surface area contributed by atoms with Crippen molar-refractivity contribution in [2.75, 3.05) is 10.6 Å². The quantitative estimate of drug-likeness (QED) is 0.123. The molecule has 0 aliphatic carbocycles. The number of benzene rings is 5. The zero-order valence-electron chi connectivity index (χ0n) is 35.6. The Hall–Kier alpha value is -8.57. The standard InChI is InChI=1S/C28H21N5.C26H21FN4O/c1-2-7-19(8-3-1)23-10-6-11-25-26(23)28(31-18-22-9-4-5-15-29-22)33-27(32-25)21-12-13-24-20(17-21)14-16-30-24;1-16-15-32-17(2)23(16)26-30-22-11-6-10-21(18-7-5-8-19(27)13-18)24(22)25(31-26)29-14-20-9-3-4-12-28-20/h1-17,30H,18H2,(H,31,32,33);3-13,15H,14H2,1-2H3,(H,29,30,31). The molecule has 0 radical (unpaired) electrons. The molecule has 11 aromatic rings. The van der Waals surface area contributed by atoms with Crippen LogP contribution in [0.25, 0.3) is 77.7 Å². The lowest BCUT2D eigenvalue weighted by Crippen LogP contribution is -2.06. The molecule has 0 aliphatic rings. The number of halogens is 1. The number of rotatable bonds is 10. The fourth-order valence-electron chi connectivity index (χ4n) is 8.07. The van der Waals surface area contributed by atoms with Crippen molar-refractivity contribution >= 4 is 44.3 Å². The molecule has 65 heavy (non-hydrogen) atoms. The van der Waals surface area contributed by atoms with Gasteiger partial charge >= 0.3 is 0 Å². The number of hydrogen-bond acceptors (Lipinski definition) is 9. The molecule has 0 bridgehead atoms. The number of H-pyrrole nitrogens is 1. The Morgan fingerprint density at radius 2 is 1.17 bits per heavy atom. The van der Waals surface area contributed by atoms with E-state index in [2.05, 4.69) is 86.2 Å². The first-order valence-electron chi connectivity index (χ1n) is 21.3. The summed E-state index contributed by atoms with van der Waals surface area (Å²) in [4.78, 5) is 31.8. The van der Waals surface area contributed by atoms with E-state index in [1.807, 2.05) is 99.0 Å². The number of aromatic amines is 1. The molecule has 0 aliphatic heterocycles. The summed E-state index contributed by atoms with van der Waals surface area (Å²) in [6, 6.07) is 49.0. The Labute approximate surface area is 374 Å². The van der Waals surface area contributed by atoms with Crippen molar-refractivity contribution in [3.8, 4) is 45.0 Å². The molecule has 0 amide bonds. The smallest absolute Gasteiger partial charge is 0.165 e. The van der Waals surface area contributed by atoms with E-state index in [1.54, 1.807) is 18.5 Å². The van der Waals surface area contributed by atoms with E-state index in [1.165, 1.54) is 12.1 Å². The molecule has 0 saturated carbocycles. The van der Waals surface area contributed by atoms with Crippen LogP contribution >= 0.6 is 0 Å². The Morgan fingerprint density at radius 3 is 1.80 bits per heavy atom. The van der Waals surface area contributed by atoms with Crippen molar-refractivity contribution in [2.45, 2.75) is 26.9 Å². The molecular formula is C54H42FN9O. The molecule has 6 heterocycles. The van der Waals surface area contributed by atoms with Crippen LogP contribution in [0.1, 0.15) is 22.7 Å². The molecule has 6 aromatic heterocycles. The molecule has 3 N–H and O–H groups in total. The van der Waals surface area contributed by atoms with Gasteiger partial charge in [0.05, 0.1) is 58.1 Å². The third-order valence-electron chi connectivity index (χ3n) is 11.2. The van der Waals surface area contributed by atoms with Crippen molar-refractivity contribution < 1.29 is 8.81 Å². The van der Waals surface area contributed by atoms with Crippen LogP contribution < -0.4 is 10.6 Å². The summed E-state index contributed by atoms with van der Waals surface area (Å²) in [6.07, 6.45) is 7.23. The van der Waals surface area contributed by atoms with Crippen molar-refractivity contribution in [1.29, 1.82) is 0 Å². The normalized spacial score (nSPS) is 11.1. The number of fused-ring (bicyclic) bond motifs is 3. The van der Waals surface area contributed by atoms with Gasteiger partial charge in [-0.15, -0.1) is 0 Å². The zero-order chi connectivity index (χ0) is 44.1. The van der Waals surface area contributed by atoms with Crippen LogP contribution in [0.5, 0.6) is 0 Å². The predicted molar refractivity (Wildman–Crippen MR) is 258 cm³/mol. The fraction of sp³-hybridized carbons (Fsp3) is 0.0741. The lowest BCUT2D eigenvalue weighted by molar-refractivity contribution is 0.533. The summed E-state index contributed by atoms with van der Waals surface area (Å²) in [5.41, 5.74) is 11.3. The van der Waals surface area contributed by atoms with E-state index in [9.17, 15) is 4.39 Å². The van der Waals surface area contributed by atoms with Gasteiger partial charge in [-0.05, 0) is 114 Å². The fourth-order valence-corrected chi connectivity index (χ4v) is 8.07. The van der Waals surface area contributed by atoms with Crippen LogP contribution in [0, 0.1) is 19.7 Å². The minimum Gasteiger partial charge on any atom is -0.469 e. The van der Waals surface area contributed by atoms with E-state index in [-0.39, 0.29) is 5.82 Å². The number of furan rings is 1. The summed E-state index contributed by atoms with van der Waals surface area (Å²) in [5, 5.41) is 9.94. The van der Waals surface area contributed by atoms with E-state index in [0.29, 0.717) is 30.6 Å². The highest BCUT2D eigenvalue weighted by Crippen LogP contribution is 2.37. The Balaban J connectivity index is 0.000000153. The third-order valence-corrected chi connectivity index (χ3v) is 11.2. The molecule has 0 spiro atoms.